The summed E-state index contributed by atoms with van der Waals surface area (Å²) in [5.74, 6) is 6.56. The molecule has 0 aliphatic heterocycles. The summed E-state index contributed by atoms with van der Waals surface area (Å²) in [6.45, 7) is 2.80. The van der Waals surface area contributed by atoms with Crippen LogP contribution in [0.5, 0.6) is 5.75 Å². The van der Waals surface area contributed by atoms with Gasteiger partial charge in [-0.05, 0) is 46.6 Å². The molecule has 0 fully saturated rings. The molecule has 0 amide bonds. The summed E-state index contributed by atoms with van der Waals surface area (Å²) in [6, 6.07) is 5.59. The van der Waals surface area contributed by atoms with Gasteiger partial charge in [-0.1, -0.05) is 15.9 Å². The van der Waals surface area contributed by atoms with Crippen molar-refractivity contribution in [1.29, 1.82) is 0 Å². The molecule has 5 nitrogen and oxygen atoms in total. The first-order valence-electron chi connectivity index (χ1n) is 6.13. The van der Waals surface area contributed by atoms with E-state index in [-0.39, 0.29) is 6.04 Å². The van der Waals surface area contributed by atoms with Crippen LogP contribution in [0, 0.1) is 0 Å². The Hall–Kier alpha value is -0.890. The quantitative estimate of drug-likeness (QED) is 0.594. The van der Waals surface area contributed by atoms with Gasteiger partial charge in [0, 0.05) is 11.0 Å². The minimum Gasteiger partial charge on any atom is -0.497 e. The minimum atomic E-state index is -0.198. The van der Waals surface area contributed by atoms with Gasteiger partial charge in [-0.15, -0.1) is 0 Å². The number of nitrogens with zero attached hydrogens (tertiary/aromatic N) is 2. The molecule has 0 saturated heterocycles. The molecule has 1 heterocycles. The van der Waals surface area contributed by atoms with E-state index in [1.54, 1.807) is 13.3 Å². The van der Waals surface area contributed by atoms with Crippen molar-refractivity contribution in [2.45, 2.75) is 19.5 Å². The second kappa shape index (κ2) is 6.71. The molecule has 1 unspecified atom stereocenters. The minimum absolute atomic E-state index is 0.198. The zero-order valence-electron chi connectivity index (χ0n) is 11.2. The van der Waals surface area contributed by atoms with Gasteiger partial charge in [0.15, 0.2) is 0 Å². The number of nitrogens with one attached hydrogen (secondary N) is 1. The van der Waals surface area contributed by atoms with E-state index in [2.05, 4.69) is 42.4 Å². The number of hydrazine groups is 1. The van der Waals surface area contributed by atoms with Crippen LogP contribution in [-0.4, -0.2) is 16.9 Å². The van der Waals surface area contributed by atoms with Crippen molar-refractivity contribution in [1.82, 2.24) is 15.2 Å². The number of aromatic nitrogens is 2. The Kier molecular flexibility index (Phi) is 5.20. The van der Waals surface area contributed by atoms with Crippen LogP contribution in [0.15, 0.2) is 33.3 Å². The maximum absolute atomic E-state index is 5.78. The first-order chi connectivity index (χ1) is 9.62. The molecule has 108 valence electrons. The van der Waals surface area contributed by atoms with Crippen LogP contribution in [0.25, 0.3) is 0 Å². The van der Waals surface area contributed by atoms with E-state index in [1.165, 1.54) is 0 Å². The molecule has 0 spiro atoms. The van der Waals surface area contributed by atoms with Gasteiger partial charge in [-0.2, -0.15) is 5.10 Å². The van der Waals surface area contributed by atoms with Crippen molar-refractivity contribution in [3.8, 4) is 5.75 Å². The summed E-state index contributed by atoms with van der Waals surface area (Å²) in [5.41, 5.74) is 4.82. The Labute approximate surface area is 134 Å². The van der Waals surface area contributed by atoms with E-state index in [1.807, 2.05) is 29.8 Å². The number of rotatable bonds is 5. The molecule has 0 aliphatic rings. The van der Waals surface area contributed by atoms with Gasteiger partial charge in [-0.3, -0.25) is 10.5 Å². The molecule has 0 aliphatic carbocycles. The van der Waals surface area contributed by atoms with Crippen LogP contribution in [0.3, 0.4) is 0 Å². The first kappa shape index (κ1) is 15.5. The van der Waals surface area contributed by atoms with Crippen LogP contribution in [0.4, 0.5) is 0 Å². The predicted molar refractivity (Wildman–Crippen MR) is 85.5 cm³/mol. The number of aryl methyl sites for hydroxylation is 1. The number of halogens is 2. The molecular weight excluding hydrogens is 388 g/mol. The third-order valence-corrected chi connectivity index (χ3v) is 4.42. The highest BCUT2D eigenvalue weighted by atomic mass is 79.9. The second-order valence-corrected chi connectivity index (χ2v) is 5.89. The summed E-state index contributed by atoms with van der Waals surface area (Å²) < 4.78 is 9.06. The van der Waals surface area contributed by atoms with Gasteiger partial charge in [0.05, 0.1) is 29.5 Å². The molecule has 1 aromatic heterocycles. The Balaban J connectivity index is 2.54. The molecule has 20 heavy (non-hydrogen) atoms. The zero-order valence-corrected chi connectivity index (χ0v) is 14.4. The van der Waals surface area contributed by atoms with E-state index >= 15 is 0 Å². The van der Waals surface area contributed by atoms with Crippen molar-refractivity contribution < 1.29 is 4.74 Å². The lowest BCUT2D eigenvalue weighted by Crippen LogP contribution is -2.31. The van der Waals surface area contributed by atoms with Crippen molar-refractivity contribution in [2.24, 2.45) is 5.84 Å². The van der Waals surface area contributed by atoms with Crippen molar-refractivity contribution in [2.75, 3.05) is 7.11 Å². The smallest absolute Gasteiger partial charge is 0.119 e. The molecule has 7 heteroatoms. The summed E-state index contributed by atoms with van der Waals surface area (Å²) in [5, 5.41) is 4.33. The third-order valence-electron chi connectivity index (χ3n) is 3.09. The van der Waals surface area contributed by atoms with E-state index in [0.29, 0.717) is 0 Å². The Morgan fingerprint density at radius 3 is 2.75 bits per heavy atom. The molecule has 0 saturated carbocycles. The lowest BCUT2D eigenvalue weighted by Gasteiger charge is -2.20. The van der Waals surface area contributed by atoms with Gasteiger partial charge >= 0.3 is 0 Å². The van der Waals surface area contributed by atoms with Gasteiger partial charge in [0.1, 0.15) is 5.75 Å². The number of ether oxygens (including phenoxy) is 1. The number of nitrogens with two attached hydrogens (primary N) is 1. The van der Waals surface area contributed by atoms with Crippen molar-refractivity contribution in [3.05, 3.63) is 44.6 Å². The number of hydrogen-bond donors (Lipinski definition) is 2. The predicted octanol–water partition coefficient (Wildman–Crippen LogP) is 2.99. The monoisotopic (exact) mass is 402 g/mol. The standard InChI is InChI=1S/C13H16Br2N4O/c1-3-19-13(11(15)7-17-19)12(18-16)9-6-8(20-2)4-5-10(9)14/h4-7,12,18H,3,16H2,1-2H3. The highest BCUT2D eigenvalue weighted by molar-refractivity contribution is 9.10. The summed E-state index contributed by atoms with van der Waals surface area (Å²) in [6.07, 6.45) is 1.78. The number of methoxy groups -OCH3 is 1. The Morgan fingerprint density at radius 2 is 2.15 bits per heavy atom. The fourth-order valence-corrected chi connectivity index (χ4v) is 3.10. The Morgan fingerprint density at radius 1 is 1.40 bits per heavy atom. The molecular formula is C13H16Br2N4O. The maximum atomic E-state index is 5.78. The van der Waals surface area contributed by atoms with Crippen molar-refractivity contribution in [3.63, 3.8) is 0 Å². The van der Waals surface area contributed by atoms with Crippen LogP contribution in [0.2, 0.25) is 0 Å². The summed E-state index contributed by atoms with van der Waals surface area (Å²) in [7, 11) is 1.64. The first-order valence-corrected chi connectivity index (χ1v) is 7.71. The highest BCUT2D eigenvalue weighted by Crippen LogP contribution is 2.34. The zero-order chi connectivity index (χ0) is 14.7. The van der Waals surface area contributed by atoms with Gasteiger partial charge in [-0.25, -0.2) is 5.43 Å². The van der Waals surface area contributed by atoms with E-state index in [0.717, 1.165) is 32.5 Å². The van der Waals surface area contributed by atoms with Gasteiger partial charge < -0.3 is 4.74 Å². The highest BCUT2D eigenvalue weighted by Gasteiger charge is 2.22. The van der Waals surface area contributed by atoms with E-state index in [4.69, 9.17) is 10.6 Å². The summed E-state index contributed by atoms with van der Waals surface area (Å²) >= 11 is 7.09. The number of hydrogen-bond acceptors (Lipinski definition) is 4. The van der Waals surface area contributed by atoms with Crippen LogP contribution in [0.1, 0.15) is 24.2 Å². The molecule has 0 radical (unpaired) electrons. The van der Waals surface area contributed by atoms with Crippen molar-refractivity contribution >= 4 is 31.9 Å². The molecule has 3 N–H and O–H groups in total. The normalized spacial score (nSPS) is 12.4. The van der Waals surface area contributed by atoms with Crippen LogP contribution in [-0.2, 0) is 6.54 Å². The van der Waals surface area contributed by atoms with Gasteiger partial charge in [0.2, 0.25) is 0 Å². The molecule has 0 bridgehead atoms. The fraction of sp³-hybridized carbons (Fsp3) is 0.308. The average Bonchev–Trinajstić information content (AvgIpc) is 2.83. The fourth-order valence-electron chi connectivity index (χ4n) is 2.10. The summed E-state index contributed by atoms with van der Waals surface area (Å²) in [4.78, 5) is 0. The lowest BCUT2D eigenvalue weighted by molar-refractivity contribution is 0.413. The second-order valence-electron chi connectivity index (χ2n) is 4.18. The topological polar surface area (TPSA) is 65.1 Å². The third kappa shape index (κ3) is 2.90. The molecule has 1 aromatic carbocycles. The SMILES string of the molecule is CCn1ncc(Br)c1C(NN)c1cc(OC)ccc1Br. The Bertz CT molecular complexity index is 600. The van der Waals surface area contributed by atoms with Gasteiger partial charge in [0.25, 0.3) is 0 Å². The van der Waals surface area contributed by atoms with Crippen LogP contribution < -0.4 is 16.0 Å². The van der Waals surface area contributed by atoms with E-state index in [9.17, 15) is 0 Å². The van der Waals surface area contributed by atoms with Crippen LogP contribution >= 0.6 is 31.9 Å². The largest absolute Gasteiger partial charge is 0.497 e. The molecule has 2 aromatic rings. The maximum Gasteiger partial charge on any atom is 0.119 e. The number of benzene rings is 1. The average molecular weight is 404 g/mol. The lowest BCUT2D eigenvalue weighted by atomic mass is 10.0. The molecule has 2 rings (SSSR count). The van der Waals surface area contributed by atoms with E-state index < -0.39 is 0 Å². The molecule has 1 atom stereocenters.